The minimum absolute atomic E-state index is 0.0508. The molecule has 0 atom stereocenters. The van der Waals surface area contributed by atoms with E-state index >= 15 is 0 Å². The third-order valence-corrected chi connectivity index (χ3v) is 3.46. The van der Waals surface area contributed by atoms with Crippen molar-refractivity contribution in [1.29, 1.82) is 0 Å². The van der Waals surface area contributed by atoms with Crippen LogP contribution in [0.2, 0.25) is 0 Å². The van der Waals surface area contributed by atoms with Gasteiger partial charge in [0.1, 0.15) is 12.5 Å². The Morgan fingerprint density at radius 1 is 1.21 bits per heavy atom. The van der Waals surface area contributed by atoms with Crippen LogP contribution in [-0.4, -0.2) is 45.7 Å². The predicted octanol–water partition coefficient (Wildman–Crippen LogP) is 2.25. The van der Waals surface area contributed by atoms with Gasteiger partial charge in [-0.25, -0.2) is 9.07 Å². The van der Waals surface area contributed by atoms with Crippen LogP contribution >= 0.6 is 0 Å². The summed E-state index contributed by atoms with van der Waals surface area (Å²) in [5.74, 6) is -1.51. The summed E-state index contributed by atoms with van der Waals surface area (Å²) < 4.78 is 58.9. The Morgan fingerprint density at radius 2 is 1.92 bits per heavy atom. The van der Waals surface area contributed by atoms with E-state index in [1.54, 1.807) is 0 Å². The molecule has 1 aromatic heterocycles. The molecule has 0 radical (unpaired) electrons. The molecule has 24 heavy (non-hydrogen) atoms. The van der Waals surface area contributed by atoms with E-state index < -0.39 is 29.3 Å². The summed E-state index contributed by atoms with van der Waals surface area (Å²) in [5.41, 5.74) is -2.16. The summed E-state index contributed by atoms with van der Waals surface area (Å²) in [6, 6.07) is 4.24. The van der Waals surface area contributed by atoms with Gasteiger partial charge in [-0.2, -0.15) is 13.2 Å². The molecule has 1 fully saturated rings. The summed E-state index contributed by atoms with van der Waals surface area (Å²) in [4.78, 5) is 13.5. The normalized spacial score (nSPS) is 15.6. The molecule has 1 aliphatic heterocycles. The SMILES string of the molecule is O=C(c1nnn(-c2ccc(F)cc2)c1C(F)(F)F)N1CCCOC1. The van der Waals surface area contributed by atoms with E-state index in [-0.39, 0.29) is 19.0 Å². The zero-order valence-corrected chi connectivity index (χ0v) is 12.3. The van der Waals surface area contributed by atoms with Crippen LogP contribution in [0.15, 0.2) is 24.3 Å². The second-order valence-electron chi connectivity index (χ2n) is 5.13. The van der Waals surface area contributed by atoms with E-state index in [1.165, 1.54) is 0 Å². The van der Waals surface area contributed by atoms with E-state index in [9.17, 15) is 22.4 Å². The fourth-order valence-corrected chi connectivity index (χ4v) is 2.35. The first-order chi connectivity index (χ1) is 11.4. The Balaban J connectivity index is 2.04. The second-order valence-corrected chi connectivity index (χ2v) is 5.13. The van der Waals surface area contributed by atoms with Crippen molar-refractivity contribution in [3.63, 3.8) is 0 Å². The minimum Gasteiger partial charge on any atom is -0.361 e. The van der Waals surface area contributed by atoms with Gasteiger partial charge >= 0.3 is 6.18 Å². The van der Waals surface area contributed by atoms with Gasteiger partial charge in [-0.15, -0.1) is 5.10 Å². The maximum atomic E-state index is 13.5. The van der Waals surface area contributed by atoms with Crippen molar-refractivity contribution in [2.24, 2.45) is 0 Å². The Labute approximate surface area is 133 Å². The predicted molar refractivity (Wildman–Crippen MR) is 72.8 cm³/mol. The van der Waals surface area contributed by atoms with Crippen molar-refractivity contribution in [3.8, 4) is 5.69 Å². The van der Waals surface area contributed by atoms with E-state index in [2.05, 4.69) is 10.3 Å². The van der Waals surface area contributed by atoms with Crippen molar-refractivity contribution >= 4 is 5.91 Å². The summed E-state index contributed by atoms with van der Waals surface area (Å²) in [5, 5.41) is 6.84. The van der Waals surface area contributed by atoms with E-state index in [4.69, 9.17) is 4.74 Å². The van der Waals surface area contributed by atoms with Crippen molar-refractivity contribution in [1.82, 2.24) is 19.9 Å². The van der Waals surface area contributed by atoms with Crippen molar-refractivity contribution in [3.05, 3.63) is 41.5 Å². The largest absolute Gasteiger partial charge is 0.435 e. The van der Waals surface area contributed by atoms with Crippen LogP contribution < -0.4 is 0 Å². The van der Waals surface area contributed by atoms with Crippen molar-refractivity contribution in [2.75, 3.05) is 19.9 Å². The van der Waals surface area contributed by atoms with Crippen LogP contribution in [0.3, 0.4) is 0 Å². The number of benzene rings is 1. The number of halogens is 4. The molecule has 0 saturated carbocycles. The van der Waals surface area contributed by atoms with E-state index in [1.807, 2.05) is 0 Å². The molecule has 128 valence electrons. The molecule has 1 saturated heterocycles. The van der Waals surface area contributed by atoms with Crippen molar-refractivity contribution in [2.45, 2.75) is 12.6 Å². The molecule has 0 unspecified atom stereocenters. The lowest BCUT2D eigenvalue weighted by Gasteiger charge is -2.26. The van der Waals surface area contributed by atoms with Crippen LogP contribution in [0.5, 0.6) is 0 Å². The zero-order valence-electron chi connectivity index (χ0n) is 12.3. The molecule has 0 bridgehead atoms. The third kappa shape index (κ3) is 3.09. The average molecular weight is 344 g/mol. The lowest BCUT2D eigenvalue weighted by Crippen LogP contribution is -2.39. The number of amides is 1. The molecule has 10 heteroatoms. The molecule has 1 aliphatic rings. The summed E-state index contributed by atoms with van der Waals surface area (Å²) in [6.45, 7) is 0.622. The van der Waals surface area contributed by atoms with Gasteiger partial charge in [0, 0.05) is 6.54 Å². The lowest BCUT2D eigenvalue weighted by atomic mass is 10.2. The monoisotopic (exact) mass is 344 g/mol. The standard InChI is InChI=1S/C14H12F4N4O2/c15-9-2-4-10(5-3-9)22-12(14(16,17)18)11(19-20-22)13(23)21-6-1-7-24-8-21/h2-5H,1,6-8H2. The zero-order chi connectivity index (χ0) is 17.3. The molecule has 3 rings (SSSR count). The van der Waals surface area contributed by atoms with E-state index in [0.29, 0.717) is 17.7 Å². The number of nitrogens with zero attached hydrogens (tertiary/aromatic N) is 4. The molecule has 0 N–H and O–H groups in total. The van der Waals surface area contributed by atoms with Crippen LogP contribution in [0.1, 0.15) is 22.6 Å². The van der Waals surface area contributed by atoms with Gasteiger partial charge in [-0.3, -0.25) is 4.79 Å². The van der Waals surface area contributed by atoms with Gasteiger partial charge in [-0.05, 0) is 30.7 Å². The van der Waals surface area contributed by atoms with E-state index in [0.717, 1.165) is 29.2 Å². The first-order valence-electron chi connectivity index (χ1n) is 7.04. The highest BCUT2D eigenvalue weighted by atomic mass is 19.4. The number of rotatable bonds is 2. The number of hydrogen-bond donors (Lipinski definition) is 0. The molecule has 0 spiro atoms. The van der Waals surface area contributed by atoms with Crippen LogP contribution in [0, 0.1) is 5.82 Å². The molecule has 6 nitrogen and oxygen atoms in total. The summed E-state index contributed by atoms with van der Waals surface area (Å²) >= 11 is 0. The highest BCUT2D eigenvalue weighted by molar-refractivity contribution is 5.93. The minimum atomic E-state index is -4.86. The molecule has 2 heterocycles. The first-order valence-corrected chi connectivity index (χ1v) is 7.04. The number of carbonyl (C=O) groups excluding carboxylic acids is 1. The first kappa shape index (κ1) is 16.4. The number of aromatic nitrogens is 3. The smallest absolute Gasteiger partial charge is 0.361 e. The Bertz CT molecular complexity index is 736. The molecule has 0 aliphatic carbocycles. The summed E-state index contributed by atoms with van der Waals surface area (Å²) in [6.07, 6.45) is -4.33. The van der Waals surface area contributed by atoms with Gasteiger partial charge in [0.15, 0.2) is 11.4 Å². The number of carbonyl (C=O) groups is 1. The number of alkyl halides is 3. The number of hydrogen-bond acceptors (Lipinski definition) is 4. The van der Waals surface area contributed by atoms with Gasteiger partial charge in [0.05, 0.1) is 12.3 Å². The average Bonchev–Trinajstić information content (AvgIpc) is 3.01. The third-order valence-electron chi connectivity index (χ3n) is 3.46. The molecule has 2 aromatic rings. The Hall–Kier alpha value is -2.49. The number of ether oxygens (including phenoxy) is 1. The Kier molecular flexibility index (Phi) is 4.22. The van der Waals surface area contributed by atoms with Gasteiger partial charge in [0.25, 0.3) is 5.91 Å². The quantitative estimate of drug-likeness (QED) is 0.784. The van der Waals surface area contributed by atoms with Crippen molar-refractivity contribution < 1.29 is 27.1 Å². The molecule has 1 aromatic carbocycles. The maximum Gasteiger partial charge on any atom is 0.435 e. The fourth-order valence-electron chi connectivity index (χ4n) is 2.35. The van der Waals surface area contributed by atoms with Crippen LogP contribution in [0.25, 0.3) is 5.69 Å². The van der Waals surface area contributed by atoms with Crippen LogP contribution in [0.4, 0.5) is 17.6 Å². The van der Waals surface area contributed by atoms with Gasteiger partial charge in [0.2, 0.25) is 0 Å². The summed E-state index contributed by atoms with van der Waals surface area (Å²) in [7, 11) is 0. The molecular formula is C14H12F4N4O2. The maximum absolute atomic E-state index is 13.5. The highest BCUT2D eigenvalue weighted by Gasteiger charge is 2.43. The van der Waals surface area contributed by atoms with Gasteiger partial charge in [-0.1, -0.05) is 5.21 Å². The Morgan fingerprint density at radius 3 is 2.50 bits per heavy atom. The molecular weight excluding hydrogens is 332 g/mol. The fraction of sp³-hybridized carbons (Fsp3) is 0.357. The second kappa shape index (κ2) is 6.19. The lowest BCUT2D eigenvalue weighted by molar-refractivity contribution is -0.143. The van der Waals surface area contributed by atoms with Crippen LogP contribution in [-0.2, 0) is 10.9 Å². The highest BCUT2D eigenvalue weighted by Crippen LogP contribution is 2.33. The topological polar surface area (TPSA) is 60.2 Å². The van der Waals surface area contributed by atoms with Gasteiger partial charge < -0.3 is 9.64 Å². The molecule has 1 amide bonds.